The largest absolute Gasteiger partial charge is 0.396 e. The number of hydrogen-bond donors (Lipinski definition) is 2. The number of aliphatic hydroxyl groups is 1. The Kier molecular flexibility index (Phi) is 3.23. The molecule has 0 saturated carbocycles. The molecule has 0 rings (SSSR count). The van der Waals surface area contributed by atoms with Crippen LogP contribution in [0.1, 0.15) is 6.42 Å². The van der Waals surface area contributed by atoms with Gasteiger partial charge in [-0.3, -0.25) is 0 Å². The summed E-state index contributed by atoms with van der Waals surface area (Å²) in [4.78, 5) is 0. The van der Waals surface area contributed by atoms with Crippen LogP contribution in [0.15, 0.2) is 12.3 Å². The van der Waals surface area contributed by atoms with Crippen LogP contribution in [0.25, 0.3) is 0 Å². The molecule has 0 radical (unpaired) electrons. The predicted octanol–water partition coefficient (Wildman–Crippen LogP) is -0.312. The van der Waals surface area contributed by atoms with Gasteiger partial charge in [-0.15, -0.1) is 0 Å². The quantitative estimate of drug-likeness (QED) is 0.393. The summed E-state index contributed by atoms with van der Waals surface area (Å²) >= 11 is 0. The van der Waals surface area contributed by atoms with E-state index < -0.39 is 0 Å². The second-order valence-electron chi connectivity index (χ2n) is 1.65. The van der Waals surface area contributed by atoms with Crippen molar-refractivity contribution in [2.75, 3.05) is 13.7 Å². The Balaban J connectivity index is 3.33. The highest BCUT2D eigenvalue weighted by atomic mass is 16.3. The molecule has 0 aromatic heterocycles. The standard InChI is InChI=1S/C5H12N2O/c1-5(3-4-8)7(2)6/h8H,1,3-4,6H2,2H3. The monoisotopic (exact) mass is 116 g/mol. The van der Waals surface area contributed by atoms with Gasteiger partial charge in [0.05, 0.1) is 0 Å². The van der Waals surface area contributed by atoms with E-state index in [1.165, 1.54) is 5.01 Å². The van der Waals surface area contributed by atoms with E-state index in [1.807, 2.05) is 0 Å². The molecule has 0 aliphatic rings. The SMILES string of the molecule is C=C(CCO)N(C)N. The van der Waals surface area contributed by atoms with Crippen LogP contribution in [-0.2, 0) is 0 Å². The molecule has 0 aromatic carbocycles. The summed E-state index contributed by atoms with van der Waals surface area (Å²) in [6.07, 6.45) is 0.549. The summed E-state index contributed by atoms with van der Waals surface area (Å²) in [6, 6.07) is 0. The topological polar surface area (TPSA) is 49.5 Å². The maximum atomic E-state index is 8.34. The van der Waals surface area contributed by atoms with Gasteiger partial charge in [-0.2, -0.15) is 0 Å². The molecule has 3 nitrogen and oxygen atoms in total. The van der Waals surface area contributed by atoms with Gasteiger partial charge in [-0.05, 0) is 0 Å². The molecule has 0 aliphatic carbocycles. The molecule has 48 valence electrons. The van der Waals surface area contributed by atoms with Crippen LogP contribution in [0.2, 0.25) is 0 Å². The van der Waals surface area contributed by atoms with Crippen molar-refractivity contribution in [2.45, 2.75) is 6.42 Å². The van der Waals surface area contributed by atoms with Crippen LogP contribution in [-0.4, -0.2) is 23.8 Å². The second-order valence-corrected chi connectivity index (χ2v) is 1.65. The van der Waals surface area contributed by atoms with Crippen molar-refractivity contribution in [3.8, 4) is 0 Å². The first-order chi connectivity index (χ1) is 3.68. The average Bonchev–Trinajstić information content (AvgIpc) is 1.67. The molecule has 0 spiro atoms. The van der Waals surface area contributed by atoms with Crippen LogP contribution in [0, 0.1) is 0 Å². The molecule has 0 heterocycles. The number of hydrogen-bond acceptors (Lipinski definition) is 3. The van der Waals surface area contributed by atoms with Gasteiger partial charge in [0.25, 0.3) is 0 Å². The molecule has 0 atom stereocenters. The van der Waals surface area contributed by atoms with E-state index >= 15 is 0 Å². The van der Waals surface area contributed by atoms with Gasteiger partial charge >= 0.3 is 0 Å². The van der Waals surface area contributed by atoms with Gasteiger partial charge < -0.3 is 10.1 Å². The summed E-state index contributed by atoms with van der Waals surface area (Å²) in [5.41, 5.74) is 0.743. The summed E-state index contributed by atoms with van der Waals surface area (Å²) in [5.74, 6) is 5.24. The van der Waals surface area contributed by atoms with E-state index in [9.17, 15) is 0 Å². The van der Waals surface area contributed by atoms with Gasteiger partial charge in [0, 0.05) is 25.8 Å². The zero-order valence-electron chi connectivity index (χ0n) is 5.09. The zero-order valence-corrected chi connectivity index (χ0v) is 5.09. The van der Waals surface area contributed by atoms with Crippen LogP contribution in [0.3, 0.4) is 0 Å². The molecular formula is C5H12N2O. The Morgan fingerprint density at radius 1 is 1.88 bits per heavy atom. The Labute approximate surface area is 49.4 Å². The van der Waals surface area contributed by atoms with Crippen molar-refractivity contribution < 1.29 is 5.11 Å². The van der Waals surface area contributed by atoms with Crippen molar-refractivity contribution in [1.82, 2.24) is 5.01 Å². The fourth-order valence-electron chi connectivity index (χ4n) is 0.305. The molecule has 0 aliphatic heterocycles. The third-order valence-electron chi connectivity index (χ3n) is 0.899. The maximum Gasteiger partial charge on any atom is 0.0485 e. The Hall–Kier alpha value is -0.540. The predicted molar refractivity (Wildman–Crippen MR) is 32.8 cm³/mol. The fraction of sp³-hybridized carbons (Fsp3) is 0.600. The minimum atomic E-state index is 0.111. The van der Waals surface area contributed by atoms with Crippen molar-refractivity contribution in [1.29, 1.82) is 0 Å². The smallest absolute Gasteiger partial charge is 0.0485 e. The zero-order chi connectivity index (χ0) is 6.57. The van der Waals surface area contributed by atoms with Crippen molar-refractivity contribution >= 4 is 0 Å². The molecule has 0 saturated heterocycles. The molecule has 0 bridgehead atoms. The van der Waals surface area contributed by atoms with Gasteiger partial charge in [0.15, 0.2) is 0 Å². The number of aliphatic hydroxyl groups excluding tert-OH is 1. The normalized spacial score (nSPS) is 8.88. The number of hydrazine groups is 1. The molecule has 0 aromatic rings. The van der Waals surface area contributed by atoms with Gasteiger partial charge in [0.2, 0.25) is 0 Å². The number of nitrogens with zero attached hydrogens (tertiary/aromatic N) is 1. The highest BCUT2D eigenvalue weighted by Gasteiger charge is 1.92. The summed E-state index contributed by atoms with van der Waals surface area (Å²) in [6.45, 7) is 3.70. The third kappa shape index (κ3) is 2.60. The number of rotatable bonds is 3. The Bertz CT molecular complexity index is 80.5. The molecule has 3 N–H and O–H groups in total. The third-order valence-corrected chi connectivity index (χ3v) is 0.899. The molecule has 8 heavy (non-hydrogen) atoms. The van der Waals surface area contributed by atoms with E-state index in [-0.39, 0.29) is 6.61 Å². The van der Waals surface area contributed by atoms with Crippen LogP contribution in [0.4, 0.5) is 0 Å². The number of nitrogens with two attached hydrogens (primary N) is 1. The molecular weight excluding hydrogens is 104 g/mol. The van der Waals surface area contributed by atoms with Crippen molar-refractivity contribution in [3.05, 3.63) is 12.3 Å². The minimum absolute atomic E-state index is 0.111. The van der Waals surface area contributed by atoms with Crippen LogP contribution >= 0.6 is 0 Å². The lowest BCUT2D eigenvalue weighted by molar-refractivity contribution is 0.280. The second kappa shape index (κ2) is 3.46. The van der Waals surface area contributed by atoms with Gasteiger partial charge in [-0.25, -0.2) is 5.84 Å². The van der Waals surface area contributed by atoms with E-state index in [1.54, 1.807) is 7.05 Å². The van der Waals surface area contributed by atoms with E-state index in [0.717, 1.165) is 5.70 Å². The first-order valence-electron chi connectivity index (χ1n) is 2.45. The Morgan fingerprint density at radius 2 is 2.38 bits per heavy atom. The van der Waals surface area contributed by atoms with E-state index in [2.05, 4.69) is 6.58 Å². The van der Waals surface area contributed by atoms with E-state index in [4.69, 9.17) is 10.9 Å². The maximum absolute atomic E-state index is 8.34. The lowest BCUT2D eigenvalue weighted by Gasteiger charge is -2.12. The van der Waals surface area contributed by atoms with Crippen LogP contribution in [0.5, 0.6) is 0 Å². The molecule has 0 unspecified atom stereocenters. The molecule has 0 amide bonds. The van der Waals surface area contributed by atoms with Crippen LogP contribution < -0.4 is 5.84 Å². The van der Waals surface area contributed by atoms with Gasteiger partial charge in [0.1, 0.15) is 0 Å². The summed E-state index contributed by atoms with van der Waals surface area (Å²) in [5, 5.41) is 9.74. The fourth-order valence-corrected chi connectivity index (χ4v) is 0.305. The highest BCUT2D eigenvalue weighted by molar-refractivity contribution is 4.88. The Morgan fingerprint density at radius 3 is 2.50 bits per heavy atom. The summed E-state index contributed by atoms with van der Waals surface area (Å²) < 4.78 is 0. The molecule has 3 heteroatoms. The molecule has 0 fully saturated rings. The highest BCUT2D eigenvalue weighted by Crippen LogP contribution is 1.95. The lowest BCUT2D eigenvalue weighted by atomic mass is 10.3. The first-order valence-corrected chi connectivity index (χ1v) is 2.45. The summed E-state index contributed by atoms with van der Waals surface area (Å²) in [7, 11) is 1.69. The minimum Gasteiger partial charge on any atom is -0.396 e. The van der Waals surface area contributed by atoms with E-state index in [0.29, 0.717) is 6.42 Å². The van der Waals surface area contributed by atoms with Crippen molar-refractivity contribution in [2.24, 2.45) is 5.84 Å². The lowest BCUT2D eigenvalue weighted by Crippen LogP contribution is -2.24. The van der Waals surface area contributed by atoms with Gasteiger partial charge in [-0.1, -0.05) is 6.58 Å². The average molecular weight is 116 g/mol. The van der Waals surface area contributed by atoms with Crippen molar-refractivity contribution in [3.63, 3.8) is 0 Å². The first kappa shape index (κ1) is 7.46.